The quantitative estimate of drug-likeness (QED) is 0.675. The van der Waals surface area contributed by atoms with E-state index < -0.39 is 6.09 Å². The number of benzene rings is 1. The van der Waals surface area contributed by atoms with E-state index in [2.05, 4.69) is 0 Å². The van der Waals surface area contributed by atoms with Crippen molar-refractivity contribution in [3.05, 3.63) is 29.8 Å². The molecule has 1 aromatic rings. The summed E-state index contributed by atoms with van der Waals surface area (Å²) in [5, 5.41) is 8.60. The number of anilines is 1. The molecule has 4 nitrogen and oxygen atoms in total. The molecule has 0 aromatic heterocycles. The van der Waals surface area contributed by atoms with E-state index >= 15 is 0 Å². The van der Waals surface area contributed by atoms with Gasteiger partial charge in [-0.15, -0.1) is 0 Å². The molecule has 0 atom stereocenters. The molecule has 1 aromatic carbocycles. The van der Waals surface area contributed by atoms with Gasteiger partial charge in [0.15, 0.2) is 0 Å². The maximum absolute atomic E-state index is 10.5. The van der Waals surface area contributed by atoms with Gasteiger partial charge in [0.1, 0.15) is 0 Å². The number of hydrogen-bond acceptors (Lipinski definition) is 2. The molecule has 0 radical (unpaired) electrons. The van der Waals surface area contributed by atoms with E-state index in [0.29, 0.717) is 12.2 Å². The smallest absolute Gasteiger partial charge is 0.407 e. The third kappa shape index (κ3) is 2.66. The van der Waals surface area contributed by atoms with Gasteiger partial charge in [-0.1, -0.05) is 12.1 Å². The van der Waals surface area contributed by atoms with E-state index in [4.69, 9.17) is 10.8 Å². The van der Waals surface area contributed by atoms with E-state index in [1.807, 2.05) is 12.1 Å². The van der Waals surface area contributed by atoms with Crippen LogP contribution in [-0.4, -0.2) is 23.1 Å². The van der Waals surface area contributed by atoms with Crippen molar-refractivity contribution in [2.24, 2.45) is 0 Å². The Morgan fingerprint density at radius 2 is 2.00 bits per heavy atom. The molecule has 4 heteroatoms. The molecular weight excluding hydrogens is 168 g/mol. The van der Waals surface area contributed by atoms with Crippen molar-refractivity contribution in [2.45, 2.75) is 6.54 Å². The summed E-state index contributed by atoms with van der Waals surface area (Å²) in [7, 11) is 1.53. The number of carbonyl (C=O) groups is 1. The third-order valence-electron chi connectivity index (χ3n) is 1.73. The van der Waals surface area contributed by atoms with Crippen molar-refractivity contribution in [2.75, 3.05) is 12.8 Å². The summed E-state index contributed by atoms with van der Waals surface area (Å²) in [5.41, 5.74) is 7.10. The number of nitrogen functional groups attached to an aromatic ring is 1. The van der Waals surface area contributed by atoms with Crippen molar-refractivity contribution < 1.29 is 9.90 Å². The minimum atomic E-state index is -0.933. The van der Waals surface area contributed by atoms with E-state index in [1.54, 1.807) is 12.1 Å². The molecule has 3 N–H and O–H groups in total. The fourth-order valence-electron chi connectivity index (χ4n) is 0.965. The summed E-state index contributed by atoms with van der Waals surface area (Å²) >= 11 is 0. The Morgan fingerprint density at radius 3 is 2.46 bits per heavy atom. The monoisotopic (exact) mass is 180 g/mol. The van der Waals surface area contributed by atoms with Crippen molar-refractivity contribution in [1.29, 1.82) is 0 Å². The van der Waals surface area contributed by atoms with Gasteiger partial charge in [0.2, 0.25) is 0 Å². The van der Waals surface area contributed by atoms with Crippen LogP contribution in [0, 0.1) is 0 Å². The lowest BCUT2D eigenvalue weighted by atomic mass is 10.2. The third-order valence-corrected chi connectivity index (χ3v) is 1.73. The van der Waals surface area contributed by atoms with Crippen molar-refractivity contribution in [1.82, 2.24) is 4.90 Å². The van der Waals surface area contributed by atoms with Gasteiger partial charge in [-0.2, -0.15) is 0 Å². The first-order chi connectivity index (χ1) is 6.09. The number of carboxylic acid groups (broad SMARTS) is 1. The van der Waals surface area contributed by atoms with Crippen LogP contribution in [0.4, 0.5) is 10.5 Å². The molecule has 0 saturated carbocycles. The van der Waals surface area contributed by atoms with Gasteiger partial charge in [-0.05, 0) is 17.7 Å². The fraction of sp³-hybridized carbons (Fsp3) is 0.222. The molecule has 0 bridgehead atoms. The maximum atomic E-state index is 10.5. The molecule has 0 saturated heterocycles. The van der Waals surface area contributed by atoms with Crippen LogP contribution in [0.25, 0.3) is 0 Å². The lowest BCUT2D eigenvalue weighted by molar-refractivity contribution is 0.154. The van der Waals surface area contributed by atoms with Crippen LogP contribution in [0.1, 0.15) is 5.56 Å². The zero-order valence-corrected chi connectivity index (χ0v) is 7.40. The fourth-order valence-corrected chi connectivity index (χ4v) is 0.965. The number of nitrogens with zero attached hydrogens (tertiary/aromatic N) is 1. The van der Waals surface area contributed by atoms with Crippen molar-refractivity contribution in [3.63, 3.8) is 0 Å². The Hall–Kier alpha value is -1.71. The Kier molecular flexibility index (Phi) is 2.74. The number of amides is 1. The lowest BCUT2D eigenvalue weighted by Crippen LogP contribution is -2.23. The van der Waals surface area contributed by atoms with Gasteiger partial charge < -0.3 is 15.7 Å². The zero-order chi connectivity index (χ0) is 9.84. The molecule has 0 unspecified atom stereocenters. The minimum absolute atomic E-state index is 0.385. The standard InChI is InChI=1S/C9H12N2O2/c1-11(9(12)13)6-7-2-4-8(10)5-3-7/h2-5H,6,10H2,1H3,(H,12,13). The normalized spacial score (nSPS) is 9.62. The molecule has 1 rings (SSSR count). The summed E-state index contributed by atoms with van der Waals surface area (Å²) in [5.74, 6) is 0. The van der Waals surface area contributed by atoms with E-state index in [-0.39, 0.29) is 0 Å². The SMILES string of the molecule is CN(Cc1ccc(N)cc1)C(=O)O. The van der Waals surface area contributed by atoms with Gasteiger partial charge >= 0.3 is 6.09 Å². The van der Waals surface area contributed by atoms with Crippen molar-refractivity contribution >= 4 is 11.8 Å². The first-order valence-electron chi connectivity index (χ1n) is 3.88. The minimum Gasteiger partial charge on any atom is -0.465 e. The molecule has 13 heavy (non-hydrogen) atoms. The maximum Gasteiger partial charge on any atom is 0.407 e. The average molecular weight is 180 g/mol. The second kappa shape index (κ2) is 3.80. The summed E-state index contributed by atoms with van der Waals surface area (Å²) in [6.45, 7) is 0.385. The van der Waals surface area contributed by atoms with Gasteiger partial charge in [0.25, 0.3) is 0 Å². The highest BCUT2D eigenvalue weighted by molar-refractivity contribution is 5.64. The predicted octanol–water partition coefficient (Wildman–Crippen LogP) is 1.38. The highest BCUT2D eigenvalue weighted by atomic mass is 16.4. The van der Waals surface area contributed by atoms with E-state index in [0.717, 1.165) is 5.56 Å². The van der Waals surface area contributed by atoms with Crippen LogP contribution in [0.3, 0.4) is 0 Å². The van der Waals surface area contributed by atoms with Crippen LogP contribution in [0.5, 0.6) is 0 Å². The molecule has 0 aliphatic carbocycles. The molecule has 0 spiro atoms. The first-order valence-corrected chi connectivity index (χ1v) is 3.88. The molecule has 0 fully saturated rings. The molecular formula is C9H12N2O2. The number of rotatable bonds is 2. The summed E-state index contributed by atoms with van der Waals surface area (Å²) in [6, 6.07) is 7.14. The zero-order valence-electron chi connectivity index (χ0n) is 7.40. The molecule has 1 amide bonds. The van der Waals surface area contributed by atoms with Crippen LogP contribution < -0.4 is 5.73 Å². The Balaban J connectivity index is 2.64. The van der Waals surface area contributed by atoms with E-state index in [1.165, 1.54) is 11.9 Å². The van der Waals surface area contributed by atoms with E-state index in [9.17, 15) is 4.79 Å². The summed E-state index contributed by atoms with van der Waals surface area (Å²) in [6.07, 6.45) is -0.933. The van der Waals surface area contributed by atoms with Gasteiger partial charge in [-0.3, -0.25) is 0 Å². The number of hydrogen-bond donors (Lipinski definition) is 2. The van der Waals surface area contributed by atoms with Gasteiger partial charge in [-0.25, -0.2) is 4.79 Å². The molecule has 0 aliphatic rings. The Bertz CT molecular complexity index is 295. The Labute approximate surface area is 76.6 Å². The second-order valence-corrected chi connectivity index (χ2v) is 2.88. The second-order valence-electron chi connectivity index (χ2n) is 2.88. The van der Waals surface area contributed by atoms with Gasteiger partial charge in [0, 0.05) is 19.3 Å². The highest BCUT2D eigenvalue weighted by Gasteiger charge is 2.04. The summed E-state index contributed by atoms with van der Waals surface area (Å²) < 4.78 is 0. The molecule has 0 aliphatic heterocycles. The van der Waals surface area contributed by atoms with Gasteiger partial charge in [0.05, 0.1) is 0 Å². The van der Waals surface area contributed by atoms with Crippen molar-refractivity contribution in [3.8, 4) is 0 Å². The molecule has 70 valence electrons. The van der Waals surface area contributed by atoms with Crippen LogP contribution >= 0.6 is 0 Å². The summed E-state index contributed by atoms with van der Waals surface area (Å²) in [4.78, 5) is 11.7. The number of nitrogens with two attached hydrogens (primary N) is 1. The first kappa shape index (κ1) is 9.38. The average Bonchev–Trinajstić information content (AvgIpc) is 2.08. The molecule has 0 heterocycles. The lowest BCUT2D eigenvalue weighted by Gasteiger charge is -2.12. The topological polar surface area (TPSA) is 66.6 Å². The largest absolute Gasteiger partial charge is 0.465 e. The van der Waals surface area contributed by atoms with Crippen LogP contribution in [0.15, 0.2) is 24.3 Å². The van der Waals surface area contributed by atoms with Crippen LogP contribution in [-0.2, 0) is 6.54 Å². The highest BCUT2D eigenvalue weighted by Crippen LogP contribution is 2.07. The van der Waals surface area contributed by atoms with Crippen LogP contribution in [0.2, 0.25) is 0 Å². The Morgan fingerprint density at radius 1 is 1.46 bits per heavy atom. The predicted molar refractivity (Wildman–Crippen MR) is 50.3 cm³/mol.